The van der Waals surface area contributed by atoms with E-state index in [-0.39, 0.29) is 5.91 Å². The molecule has 2 aromatic rings. The van der Waals surface area contributed by atoms with Crippen LogP contribution in [0.25, 0.3) is 0 Å². The number of carbonyl (C=O) groups excluding carboxylic acids is 1. The van der Waals surface area contributed by atoms with Crippen molar-refractivity contribution in [2.24, 2.45) is 0 Å². The number of halogens is 1. The molecule has 0 spiro atoms. The molecule has 0 bridgehead atoms. The normalized spacial score (nSPS) is 19.8. The second-order valence-electron chi connectivity index (χ2n) is 9.44. The van der Waals surface area contributed by atoms with Crippen LogP contribution in [0.2, 0.25) is 5.02 Å². The second-order valence-corrected chi connectivity index (χ2v) is 9.87. The fourth-order valence-electron chi connectivity index (χ4n) is 4.61. The van der Waals surface area contributed by atoms with Crippen molar-refractivity contribution in [2.45, 2.75) is 50.7 Å². The quantitative estimate of drug-likeness (QED) is 0.588. The van der Waals surface area contributed by atoms with Gasteiger partial charge in [0.2, 0.25) is 0 Å². The highest BCUT2D eigenvalue weighted by Gasteiger charge is 2.31. The van der Waals surface area contributed by atoms with E-state index >= 15 is 0 Å². The smallest absolute Gasteiger partial charge is 0.253 e. The van der Waals surface area contributed by atoms with Gasteiger partial charge in [0.1, 0.15) is 11.5 Å². The van der Waals surface area contributed by atoms with Crippen molar-refractivity contribution < 1.29 is 9.53 Å². The summed E-state index contributed by atoms with van der Waals surface area (Å²) in [7, 11) is 2.15. The van der Waals surface area contributed by atoms with Gasteiger partial charge in [-0.3, -0.25) is 14.6 Å². The predicted octanol–water partition coefficient (Wildman–Crippen LogP) is 5.04. The molecular weight excluding hydrogens is 422 g/mol. The maximum Gasteiger partial charge on any atom is 0.253 e. The number of amides is 1. The van der Waals surface area contributed by atoms with Crippen LogP contribution >= 0.6 is 11.6 Å². The Labute approximate surface area is 195 Å². The fourth-order valence-corrected chi connectivity index (χ4v) is 4.73. The number of hydrogen-bond donors (Lipinski definition) is 0. The van der Waals surface area contributed by atoms with Gasteiger partial charge in [-0.25, -0.2) is 0 Å². The Kier molecular flexibility index (Phi) is 6.40. The highest BCUT2D eigenvalue weighted by Crippen LogP contribution is 2.32. The van der Waals surface area contributed by atoms with Gasteiger partial charge in [-0.05, 0) is 81.6 Å². The number of benzene rings is 2. The summed E-state index contributed by atoms with van der Waals surface area (Å²) >= 11 is 6.02. The van der Waals surface area contributed by atoms with Gasteiger partial charge in [-0.2, -0.15) is 0 Å². The molecule has 1 saturated heterocycles. The molecule has 1 amide bonds. The van der Waals surface area contributed by atoms with Gasteiger partial charge in [0.15, 0.2) is 0 Å². The Morgan fingerprint density at radius 2 is 1.81 bits per heavy atom. The molecule has 2 aromatic carbocycles. The summed E-state index contributed by atoms with van der Waals surface area (Å²) in [5.74, 6) is 1.68. The molecule has 0 unspecified atom stereocenters. The first-order chi connectivity index (χ1) is 15.6. The van der Waals surface area contributed by atoms with E-state index in [0.717, 1.165) is 67.8 Å². The van der Waals surface area contributed by atoms with E-state index in [2.05, 4.69) is 16.8 Å². The molecule has 0 aromatic heterocycles. The molecule has 1 aliphatic heterocycles. The van der Waals surface area contributed by atoms with Crippen molar-refractivity contribution in [3.63, 3.8) is 0 Å². The molecule has 32 heavy (non-hydrogen) atoms. The molecule has 0 radical (unpaired) electrons. The lowest BCUT2D eigenvalue weighted by Crippen LogP contribution is -2.35. The summed E-state index contributed by atoms with van der Waals surface area (Å²) in [6.07, 6.45) is 6.18. The first kappa shape index (κ1) is 21.7. The molecule has 5 rings (SSSR count). The molecule has 3 aliphatic rings. The molecule has 5 nitrogen and oxygen atoms in total. The van der Waals surface area contributed by atoms with Crippen molar-refractivity contribution in [1.29, 1.82) is 0 Å². The van der Waals surface area contributed by atoms with E-state index in [0.29, 0.717) is 11.1 Å². The Morgan fingerprint density at radius 3 is 2.53 bits per heavy atom. The summed E-state index contributed by atoms with van der Waals surface area (Å²) in [5.41, 5.74) is 1.81. The van der Waals surface area contributed by atoms with Crippen LogP contribution in [0, 0.1) is 0 Å². The van der Waals surface area contributed by atoms with Crippen LogP contribution in [0.4, 0.5) is 0 Å². The van der Waals surface area contributed by atoms with Gasteiger partial charge in [0.25, 0.3) is 5.91 Å². The van der Waals surface area contributed by atoms with E-state index in [1.165, 1.54) is 25.7 Å². The van der Waals surface area contributed by atoms with E-state index in [9.17, 15) is 4.79 Å². The van der Waals surface area contributed by atoms with E-state index in [1.807, 2.05) is 47.4 Å². The van der Waals surface area contributed by atoms with Crippen molar-refractivity contribution >= 4 is 17.5 Å². The molecule has 0 N–H and O–H groups in total. The summed E-state index contributed by atoms with van der Waals surface area (Å²) in [4.78, 5) is 20.3. The maximum atomic E-state index is 13.4. The SMILES string of the molecule is CN(Cc1cc(C(=O)N2CCCN(C3CC3)CC2)ccc1Oc1ccc(Cl)cc1)C1CC1. The van der Waals surface area contributed by atoms with Crippen LogP contribution in [0.5, 0.6) is 11.5 Å². The van der Waals surface area contributed by atoms with Crippen molar-refractivity contribution in [3.8, 4) is 11.5 Å². The third-order valence-corrected chi connectivity index (χ3v) is 7.07. The molecule has 2 saturated carbocycles. The van der Waals surface area contributed by atoms with Crippen LogP contribution in [-0.2, 0) is 6.54 Å². The third-order valence-electron chi connectivity index (χ3n) is 6.82. The second kappa shape index (κ2) is 9.42. The van der Waals surface area contributed by atoms with Gasteiger partial charge in [-0.15, -0.1) is 0 Å². The lowest BCUT2D eigenvalue weighted by atomic mass is 10.1. The minimum Gasteiger partial charge on any atom is -0.457 e. The Balaban J connectivity index is 1.34. The number of hydrogen-bond acceptors (Lipinski definition) is 4. The standard InChI is InChI=1S/C26H32ClN3O2/c1-28(22-6-7-22)18-20-17-19(3-12-25(20)32-24-10-4-21(27)5-11-24)26(31)30-14-2-13-29(15-16-30)23-8-9-23/h3-5,10-12,17,22-23H,2,6-9,13-16,18H2,1H3. The summed E-state index contributed by atoms with van der Waals surface area (Å²) in [6.45, 7) is 4.52. The Bertz CT molecular complexity index is 956. The first-order valence-corrected chi connectivity index (χ1v) is 12.2. The van der Waals surface area contributed by atoms with Crippen LogP contribution in [0.3, 0.4) is 0 Å². The Morgan fingerprint density at radius 1 is 1.03 bits per heavy atom. The van der Waals surface area contributed by atoms with Crippen LogP contribution in [-0.4, -0.2) is 65.9 Å². The topological polar surface area (TPSA) is 36.0 Å². The monoisotopic (exact) mass is 453 g/mol. The Hall–Kier alpha value is -2.08. The largest absolute Gasteiger partial charge is 0.457 e. The zero-order valence-corrected chi connectivity index (χ0v) is 19.6. The molecule has 3 fully saturated rings. The summed E-state index contributed by atoms with van der Waals surface area (Å²) in [5, 5.41) is 0.685. The third kappa shape index (κ3) is 5.28. The zero-order valence-electron chi connectivity index (χ0n) is 18.8. The zero-order chi connectivity index (χ0) is 22.1. The molecule has 1 heterocycles. The first-order valence-electron chi connectivity index (χ1n) is 11.9. The number of carbonyl (C=O) groups is 1. The minimum absolute atomic E-state index is 0.135. The molecule has 170 valence electrons. The summed E-state index contributed by atoms with van der Waals surface area (Å²) < 4.78 is 6.20. The highest BCUT2D eigenvalue weighted by molar-refractivity contribution is 6.30. The van der Waals surface area contributed by atoms with Gasteiger partial charge >= 0.3 is 0 Å². The van der Waals surface area contributed by atoms with Crippen LogP contribution < -0.4 is 4.74 Å². The average Bonchev–Trinajstić information content (AvgIpc) is 3.66. The van der Waals surface area contributed by atoms with Gasteiger partial charge < -0.3 is 9.64 Å². The van der Waals surface area contributed by atoms with E-state index in [4.69, 9.17) is 16.3 Å². The number of nitrogens with zero attached hydrogens (tertiary/aromatic N) is 3. The minimum atomic E-state index is 0.135. The fraction of sp³-hybridized carbons (Fsp3) is 0.500. The molecular formula is C26H32ClN3O2. The molecule has 6 heteroatoms. The van der Waals surface area contributed by atoms with Gasteiger partial charge in [-0.1, -0.05) is 11.6 Å². The van der Waals surface area contributed by atoms with Gasteiger partial charge in [0, 0.05) is 61.0 Å². The average molecular weight is 454 g/mol. The lowest BCUT2D eigenvalue weighted by molar-refractivity contribution is 0.0760. The number of ether oxygens (including phenoxy) is 1. The van der Waals surface area contributed by atoms with Gasteiger partial charge in [0.05, 0.1) is 0 Å². The predicted molar refractivity (Wildman–Crippen MR) is 128 cm³/mol. The maximum absolute atomic E-state index is 13.4. The van der Waals surface area contributed by atoms with E-state index < -0.39 is 0 Å². The van der Waals surface area contributed by atoms with Crippen LogP contribution in [0.1, 0.15) is 48.0 Å². The molecule has 0 atom stereocenters. The van der Waals surface area contributed by atoms with Crippen LogP contribution in [0.15, 0.2) is 42.5 Å². The number of rotatable bonds is 7. The molecule has 2 aliphatic carbocycles. The highest BCUT2D eigenvalue weighted by atomic mass is 35.5. The van der Waals surface area contributed by atoms with Crippen molar-refractivity contribution in [1.82, 2.24) is 14.7 Å². The summed E-state index contributed by atoms with van der Waals surface area (Å²) in [6, 6.07) is 14.7. The van der Waals surface area contributed by atoms with Crippen molar-refractivity contribution in [3.05, 3.63) is 58.6 Å². The van der Waals surface area contributed by atoms with Crippen molar-refractivity contribution in [2.75, 3.05) is 33.2 Å². The lowest BCUT2D eigenvalue weighted by Gasteiger charge is -2.23. The van der Waals surface area contributed by atoms with E-state index in [1.54, 1.807) is 0 Å².